The molecule has 0 spiro atoms. The maximum atomic E-state index is 11.5. The van der Waals surface area contributed by atoms with Crippen molar-refractivity contribution in [3.8, 4) is 0 Å². The topological polar surface area (TPSA) is 20.3 Å². The molecule has 0 radical (unpaired) electrons. The molecule has 1 amide bonds. The molecule has 2 aliphatic rings. The highest BCUT2D eigenvalue weighted by atomic mass is 16.2. The highest BCUT2D eigenvalue weighted by Crippen LogP contribution is 2.42. The van der Waals surface area contributed by atoms with Crippen molar-refractivity contribution in [1.29, 1.82) is 0 Å². The van der Waals surface area contributed by atoms with Crippen LogP contribution in [0, 0.1) is 11.8 Å². The predicted octanol–water partition coefficient (Wildman–Crippen LogP) is 1.26. The fourth-order valence-electron chi connectivity index (χ4n) is 2.25. The minimum Gasteiger partial charge on any atom is -0.343 e. The molecule has 2 rings (SSSR count). The van der Waals surface area contributed by atoms with E-state index in [1.165, 1.54) is 12.8 Å². The third-order valence-corrected chi connectivity index (χ3v) is 3.39. The maximum Gasteiger partial charge on any atom is 0.225 e. The van der Waals surface area contributed by atoms with Gasteiger partial charge in [0.25, 0.3) is 0 Å². The number of carbonyl (C=O) groups excluding carboxylic acids is 1. The van der Waals surface area contributed by atoms with E-state index < -0.39 is 0 Å². The second-order valence-corrected chi connectivity index (χ2v) is 3.98. The van der Waals surface area contributed by atoms with E-state index in [2.05, 4.69) is 6.92 Å². The molecule has 2 fully saturated rings. The SMILES string of the molecule is C[C@@H]1CC2CC[C@H]2C(=O)N1C. The number of hydrogen-bond acceptors (Lipinski definition) is 1. The molecule has 0 N–H and O–H groups in total. The van der Waals surface area contributed by atoms with E-state index in [1.807, 2.05) is 11.9 Å². The molecule has 0 aromatic carbocycles. The molecule has 0 bridgehead atoms. The number of hydrogen-bond donors (Lipinski definition) is 0. The molecular weight excluding hydrogens is 138 g/mol. The first kappa shape index (κ1) is 7.14. The first-order valence-electron chi connectivity index (χ1n) is 4.47. The number of carbonyl (C=O) groups is 1. The highest BCUT2D eigenvalue weighted by Gasteiger charge is 2.43. The maximum absolute atomic E-state index is 11.5. The van der Waals surface area contributed by atoms with Gasteiger partial charge in [-0.15, -0.1) is 0 Å². The van der Waals surface area contributed by atoms with Gasteiger partial charge in [-0.05, 0) is 32.1 Å². The van der Waals surface area contributed by atoms with Crippen molar-refractivity contribution in [3.63, 3.8) is 0 Å². The number of nitrogens with zero attached hydrogens (tertiary/aromatic N) is 1. The quantitative estimate of drug-likeness (QED) is 0.513. The van der Waals surface area contributed by atoms with Crippen LogP contribution >= 0.6 is 0 Å². The molecule has 62 valence electrons. The normalized spacial score (nSPS) is 43.3. The van der Waals surface area contributed by atoms with Gasteiger partial charge < -0.3 is 4.90 Å². The van der Waals surface area contributed by atoms with E-state index in [0.717, 1.165) is 12.3 Å². The number of rotatable bonds is 0. The van der Waals surface area contributed by atoms with Crippen molar-refractivity contribution < 1.29 is 4.79 Å². The number of fused-ring (bicyclic) bond motifs is 1. The summed E-state index contributed by atoms with van der Waals surface area (Å²) in [6.45, 7) is 2.15. The van der Waals surface area contributed by atoms with Gasteiger partial charge in [0.05, 0.1) is 0 Å². The number of likely N-dealkylation sites (tertiary alicyclic amines) is 1. The standard InChI is InChI=1S/C9H15NO/c1-6-5-7-3-4-8(7)9(11)10(6)2/h6-8H,3-5H2,1-2H3/t6-,7?,8-/m1/s1. The molecule has 11 heavy (non-hydrogen) atoms. The summed E-state index contributed by atoms with van der Waals surface area (Å²) in [5.41, 5.74) is 0. The summed E-state index contributed by atoms with van der Waals surface area (Å²) in [7, 11) is 1.93. The van der Waals surface area contributed by atoms with Gasteiger partial charge >= 0.3 is 0 Å². The van der Waals surface area contributed by atoms with Crippen LogP contribution in [0.1, 0.15) is 26.2 Å². The minimum absolute atomic E-state index is 0.389. The Balaban J connectivity index is 2.12. The lowest BCUT2D eigenvalue weighted by Crippen LogP contribution is -2.52. The summed E-state index contributed by atoms with van der Waals surface area (Å²) in [5.74, 6) is 1.52. The van der Waals surface area contributed by atoms with E-state index in [0.29, 0.717) is 17.9 Å². The van der Waals surface area contributed by atoms with E-state index in [-0.39, 0.29) is 0 Å². The molecule has 0 aromatic heterocycles. The minimum atomic E-state index is 0.389. The Morgan fingerprint density at radius 1 is 1.45 bits per heavy atom. The molecule has 2 nitrogen and oxygen atoms in total. The summed E-state index contributed by atoms with van der Waals surface area (Å²) in [6.07, 6.45) is 3.65. The van der Waals surface area contributed by atoms with Crippen LogP contribution < -0.4 is 0 Å². The monoisotopic (exact) mass is 153 g/mol. The third kappa shape index (κ3) is 0.883. The lowest BCUT2D eigenvalue weighted by atomic mass is 9.67. The fourth-order valence-corrected chi connectivity index (χ4v) is 2.25. The average Bonchev–Trinajstić information content (AvgIpc) is 1.93. The van der Waals surface area contributed by atoms with Crippen LogP contribution in [-0.2, 0) is 4.79 Å². The summed E-state index contributed by atoms with van der Waals surface area (Å²) in [4.78, 5) is 13.4. The zero-order chi connectivity index (χ0) is 8.01. The molecule has 1 aliphatic heterocycles. The van der Waals surface area contributed by atoms with Gasteiger partial charge in [-0.3, -0.25) is 4.79 Å². The first-order valence-corrected chi connectivity index (χ1v) is 4.47. The molecule has 1 unspecified atom stereocenters. The smallest absolute Gasteiger partial charge is 0.225 e. The Hall–Kier alpha value is -0.530. The summed E-state index contributed by atoms with van der Waals surface area (Å²) in [5, 5.41) is 0. The van der Waals surface area contributed by atoms with Crippen molar-refractivity contribution in [3.05, 3.63) is 0 Å². The number of amides is 1. The fraction of sp³-hybridized carbons (Fsp3) is 0.889. The van der Waals surface area contributed by atoms with Gasteiger partial charge in [-0.25, -0.2) is 0 Å². The van der Waals surface area contributed by atoms with Crippen molar-refractivity contribution in [2.75, 3.05) is 7.05 Å². The van der Waals surface area contributed by atoms with E-state index >= 15 is 0 Å². The van der Waals surface area contributed by atoms with Crippen molar-refractivity contribution >= 4 is 5.91 Å². The Morgan fingerprint density at radius 3 is 2.73 bits per heavy atom. The molecule has 3 atom stereocenters. The summed E-state index contributed by atoms with van der Waals surface area (Å²) >= 11 is 0. The Labute approximate surface area is 67.6 Å². The van der Waals surface area contributed by atoms with Crippen LogP contribution in [0.5, 0.6) is 0 Å². The average molecular weight is 153 g/mol. The lowest BCUT2D eigenvalue weighted by Gasteiger charge is -2.46. The van der Waals surface area contributed by atoms with Gasteiger partial charge in [0.15, 0.2) is 0 Å². The highest BCUT2D eigenvalue weighted by molar-refractivity contribution is 5.80. The second kappa shape index (κ2) is 2.23. The van der Waals surface area contributed by atoms with Crippen LogP contribution in [0.4, 0.5) is 0 Å². The van der Waals surface area contributed by atoms with Gasteiger partial charge in [0.1, 0.15) is 0 Å². The molecule has 1 aliphatic carbocycles. The van der Waals surface area contributed by atoms with E-state index in [4.69, 9.17) is 0 Å². The Bertz CT molecular complexity index is 182. The van der Waals surface area contributed by atoms with Crippen LogP contribution in [0.3, 0.4) is 0 Å². The van der Waals surface area contributed by atoms with Gasteiger partial charge in [-0.1, -0.05) is 0 Å². The van der Waals surface area contributed by atoms with Crippen molar-refractivity contribution in [2.45, 2.75) is 32.2 Å². The zero-order valence-electron chi connectivity index (χ0n) is 7.21. The van der Waals surface area contributed by atoms with Crippen molar-refractivity contribution in [1.82, 2.24) is 4.90 Å². The van der Waals surface area contributed by atoms with Gasteiger partial charge in [0.2, 0.25) is 5.91 Å². The van der Waals surface area contributed by atoms with E-state index in [1.54, 1.807) is 0 Å². The summed E-state index contributed by atoms with van der Waals surface area (Å²) in [6, 6.07) is 0.476. The molecule has 0 aromatic rings. The van der Waals surface area contributed by atoms with Crippen LogP contribution in [0.15, 0.2) is 0 Å². The van der Waals surface area contributed by atoms with Crippen LogP contribution in [-0.4, -0.2) is 23.9 Å². The zero-order valence-corrected chi connectivity index (χ0v) is 7.21. The van der Waals surface area contributed by atoms with Gasteiger partial charge in [0, 0.05) is 19.0 Å². The molecule has 2 heteroatoms. The molecule has 1 heterocycles. The summed E-state index contributed by atoms with van der Waals surface area (Å²) < 4.78 is 0. The van der Waals surface area contributed by atoms with Crippen molar-refractivity contribution in [2.24, 2.45) is 11.8 Å². The van der Waals surface area contributed by atoms with Crippen LogP contribution in [0.2, 0.25) is 0 Å². The molecule has 1 saturated heterocycles. The Morgan fingerprint density at radius 2 is 2.18 bits per heavy atom. The molecular formula is C9H15NO. The van der Waals surface area contributed by atoms with Crippen LogP contribution in [0.25, 0.3) is 0 Å². The largest absolute Gasteiger partial charge is 0.343 e. The third-order valence-electron chi connectivity index (χ3n) is 3.39. The van der Waals surface area contributed by atoms with E-state index in [9.17, 15) is 4.79 Å². The lowest BCUT2D eigenvalue weighted by molar-refractivity contribution is -0.148. The first-order chi connectivity index (χ1) is 5.20. The Kier molecular flexibility index (Phi) is 1.44. The predicted molar refractivity (Wildman–Crippen MR) is 43.1 cm³/mol. The second-order valence-electron chi connectivity index (χ2n) is 3.98. The number of piperidine rings is 1. The van der Waals surface area contributed by atoms with Gasteiger partial charge in [-0.2, -0.15) is 0 Å². The molecule has 1 saturated carbocycles.